The quantitative estimate of drug-likeness (QED) is 0.271. The summed E-state index contributed by atoms with van der Waals surface area (Å²) >= 11 is 18.7. The molecular weight excluding hydrogens is 483 g/mol. The molecule has 3 aromatic carbocycles. The van der Waals surface area contributed by atoms with Gasteiger partial charge in [-0.15, -0.1) is 0 Å². The van der Waals surface area contributed by atoms with Crippen LogP contribution in [0.4, 0.5) is 5.69 Å². The summed E-state index contributed by atoms with van der Waals surface area (Å²) < 4.78 is 11.6. The maximum absolute atomic E-state index is 12.8. The number of nitrogens with one attached hydrogen (secondary N) is 1. The third-order valence-electron chi connectivity index (χ3n) is 5.05. The van der Waals surface area contributed by atoms with Crippen LogP contribution < -0.4 is 5.32 Å². The minimum atomic E-state index is -0.466. The summed E-state index contributed by atoms with van der Waals surface area (Å²) in [6.45, 7) is 1.98. The first kappa shape index (κ1) is 21.6. The maximum Gasteiger partial charge on any atom is 0.291 e. The Labute approximate surface area is 203 Å². The number of nitrogens with zero attached hydrogens (tertiary/aromatic N) is 1. The molecule has 164 valence electrons. The maximum atomic E-state index is 12.8. The standard InChI is InChI=1S/C25H15Cl3N2O3/c1-13-5-8-18-22(11-13)33-25(30-18)14-6-7-16(26)19(12-14)29-24(31)21-10-9-20(32-21)15-3-2-4-17(27)23(15)28/h2-12H,1H3,(H,29,31). The van der Waals surface area contributed by atoms with Gasteiger partial charge in [-0.3, -0.25) is 4.79 Å². The molecule has 33 heavy (non-hydrogen) atoms. The molecule has 0 aliphatic heterocycles. The van der Waals surface area contributed by atoms with Crippen LogP contribution in [0.25, 0.3) is 33.9 Å². The Bertz CT molecular complexity index is 1520. The van der Waals surface area contributed by atoms with Gasteiger partial charge < -0.3 is 14.2 Å². The van der Waals surface area contributed by atoms with Gasteiger partial charge in [0.05, 0.1) is 20.8 Å². The van der Waals surface area contributed by atoms with Crippen molar-refractivity contribution in [3.05, 3.63) is 93.1 Å². The molecule has 1 amide bonds. The van der Waals surface area contributed by atoms with Crippen molar-refractivity contribution in [3.8, 4) is 22.8 Å². The minimum Gasteiger partial charge on any atom is -0.451 e. The molecule has 0 spiro atoms. The zero-order chi connectivity index (χ0) is 23.1. The molecule has 0 fully saturated rings. The summed E-state index contributed by atoms with van der Waals surface area (Å²) in [5, 5.41) is 3.89. The molecule has 2 heterocycles. The van der Waals surface area contributed by atoms with Crippen LogP contribution in [-0.2, 0) is 0 Å². The number of hydrogen-bond acceptors (Lipinski definition) is 4. The Morgan fingerprint density at radius 3 is 2.61 bits per heavy atom. The van der Waals surface area contributed by atoms with E-state index in [1.807, 2.05) is 25.1 Å². The fourth-order valence-corrected chi connectivity index (χ4v) is 3.95. The van der Waals surface area contributed by atoms with E-state index in [4.69, 9.17) is 43.6 Å². The average Bonchev–Trinajstić information content (AvgIpc) is 3.44. The molecule has 0 atom stereocenters. The summed E-state index contributed by atoms with van der Waals surface area (Å²) in [5.74, 6) is 0.486. The molecule has 0 bridgehead atoms. The second kappa shape index (κ2) is 8.60. The number of amides is 1. The zero-order valence-electron chi connectivity index (χ0n) is 17.2. The fraction of sp³-hybridized carbons (Fsp3) is 0.0400. The number of furan rings is 1. The Kier molecular flexibility index (Phi) is 5.62. The smallest absolute Gasteiger partial charge is 0.291 e. The van der Waals surface area contributed by atoms with Gasteiger partial charge in [0.15, 0.2) is 11.3 Å². The lowest BCUT2D eigenvalue weighted by Crippen LogP contribution is -2.11. The molecule has 0 radical (unpaired) electrons. The van der Waals surface area contributed by atoms with Crippen LogP contribution in [-0.4, -0.2) is 10.9 Å². The number of fused-ring (bicyclic) bond motifs is 1. The van der Waals surface area contributed by atoms with Crippen molar-refractivity contribution in [2.24, 2.45) is 0 Å². The van der Waals surface area contributed by atoms with E-state index in [1.165, 1.54) is 0 Å². The number of aryl methyl sites for hydroxylation is 1. The van der Waals surface area contributed by atoms with Crippen LogP contribution in [0.3, 0.4) is 0 Å². The molecule has 0 saturated carbocycles. The highest BCUT2D eigenvalue weighted by molar-refractivity contribution is 6.43. The van der Waals surface area contributed by atoms with E-state index in [-0.39, 0.29) is 5.76 Å². The number of anilines is 1. The summed E-state index contributed by atoms with van der Waals surface area (Å²) in [5.41, 5.74) is 4.18. The number of benzene rings is 3. The summed E-state index contributed by atoms with van der Waals surface area (Å²) in [4.78, 5) is 17.3. The predicted octanol–water partition coefficient (Wildman–Crippen LogP) is 8.28. The SMILES string of the molecule is Cc1ccc2nc(-c3ccc(Cl)c(NC(=O)c4ccc(-c5cccc(Cl)c5Cl)o4)c3)oc2c1. The number of hydrogen-bond donors (Lipinski definition) is 1. The second-order valence-corrected chi connectivity index (χ2v) is 8.60. The fourth-order valence-electron chi connectivity index (χ4n) is 3.39. The second-order valence-electron chi connectivity index (χ2n) is 7.40. The van der Waals surface area contributed by atoms with Crippen molar-refractivity contribution in [2.45, 2.75) is 6.92 Å². The third kappa shape index (κ3) is 4.23. The van der Waals surface area contributed by atoms with Crippen molar-refractivity contribution < 1.29 is 13.6 Å². The van der Waals surface area contributed by atoms with Crippen molar-refractivity contribution in [1.82, 2.24) is 4.98 Å². The first-order valence-corrected chi connectivity index (χ1v) is 11.0. The van der Waals surface area contributed by atoms with Gasteiger partial charge in [-0.2, -0.15) is 0 Å². The van der Waals surface area contributed by atoms with Crippen LogP contribution in [0.5, 0.6) is 0 Å². The summed E-state index contributed by atoms with van der Waals surface area (Å²) in [6, 6.07) is 19.4. The molecule has 0 aliphatic rings. The largest absolute Gasteiger partial charge is 0.451 e. The number of aromatic nitrogens is 1. The lowest BCUT2D eigenvalue weighted by Gasteiger charge is -2.07. The van der Waals surface area contributed by atoms with E-state index in [0.29, 0.717) is 49.1 Å². The zero-order valence-corrected chi connectivity index (χ0v) is 19.4. The lowest BCUT2D eigenvalue weighted by atomic mass is 10.2. The van der Waals surface area contributed by atoms with Gasteiger partial charge in [-0.25, -0.2) is 4.98 Å². The van der Waals surface area contributed by atoms with Gasteiger partial charge >= 0.3 is 0 Å². The Morgan fingerprint density at radius 1 is 0.909 bits per heavy atom. The third-order valence-corrected chi connectivity index (χ3v) is 6.20. The van der Waals surface area contributed by atoms with Gasteiger partial charge in [0, 0.05) is 11.1 Å². The van der Waals surface area contributed by atoms with Gasteiger partial charge in [0.1, 0.15) is 11.3 Å². The highest BCUT2D eigenvalue weighted by Crippen LogP contribution is 2.35. The van der Waals surface area contributed by atoms with Crippen molar-refractivity contribution in [3.63, 3.8) is 0 Å². The van der Waals surface area contributed by atoms with Crippen LogP contribution in [0, 0.1) is 6.92 Å². The number of carbonyl (C=O) groups excluding carboxylic acids is 1. The van der Waals surface area contributed by atoms with Crippen LogP contribution in [0.1, 0.15) is 16.1 Å². The van der Waals surface area contributed by atoms with E-state index < -0.39 is 5.91 Å². The summed E-state index contributed by atoms with van der Waals surface area (Å²) in [6.07, 6.45) is 0. The molecule has 1 N–H and O–H groups in total. The van der Waals surface area contributed by atoms with E-state index in [0.717, 1.165) is 11.1 Å². The number of halogens is 3. The molecule has 5 aromatic rings. The number of oxazole rings is 1. The van der Waals surface area contributed by atoms with Gasteiger partial charge in [0.2, 0.25) is 5.89 Å². The molecule has 5 rings (SSSR count). The molecule has 5 nitrogen and oxygen atoms in total. The first-order valence-electron chi connectivity index (χ1n) is 9.92. The van der Waals surface area contributed by atoms with Crippen LogP contribution in [0.2, 0.25) is 15.1 Å². The van der Waals surface area contributed by atoms with Gasteiger partial charge in [-0.1, -0.05) is 46.9 Å². The van der Waals surface area contributed by atoms with Gasteiger partial charge in [-0.05, 0) is 67.1 Å². The monoisotopic (exact) mass is 496 g/mol. The average molecular weight is 498 g/mol. The first-order chi connectivity index (χ1) is 15.9. The van der Waals surface area contributed by atoms with Crippen LogP contribution in [0.15, 0.2) is 75.6 Å². The minimum absolute atomic E-state index is 0.0971. The molecular formula is C25H15Cl3N2O3. The van der Waals surface area contributed by atoms with Crippen molar-refractivity contribution in [1.29, 1.82) is 0 Å². The number of rotatable bonds is 4. The molecule has 0 unspecified atom stereocenters. The molecule has 0 aliphatic carbocycles. The Hall–Kier alpha value is -3.25. The van der Waals surface area contributed by atoms with E-state index in [2.05, 4.69) is 10.3 Å². The number of carbonyl (C=O) groups is 1. The molecule has 8 heteroatoms. The van der Waals surface area contributed by atoms with Crippen LogP contribution >= 0.6 is 34.8 Å². The van der Waals surface area contributed by atoms with E-state index in [1.54, 1.807) is 48.5 Å². The van der Waals surface area contributed by atoms with E-state index >= 15 is 0 Å². The molecule has 0 saturated heterocycles. The highest BCUT2D eigenvalue weighted by atomic mass is 35.5. The predicted molar refractivity (Wildman–Crippen MR) is 131 cm³/mol. The highest BCUT2D eigenvalue weighted by Gasteiger charge is 2.17. The van der Waals surface area contributed by atoms with Crippen molar-refractivity contribution in [2.75, 3.05) is 5.32 Å². The van der Waals surface area contributed by atoms with E-state index in [9.17, 15) is 4.79 Å². The van der Waals surface area contributed by atoms with Crippen molar-refractivity contribution >= 4 is 57.5 Å². The molecule has 2 aromatic heterocycles. The summed E-state index contributed by atoms with van der Waals surface area (Å²) in [7, 11) is 0. The Morgan fingerprint density at radius 2 is 1.76 bits per heavy atom. The van der Waals surface area contributed by atoms with Gasteiger partial charge in [0.25, 0.3) is 5.91 Å². The normalized spacial score (nSPS) is 11.2. The topological polar surface area (TPSA) is 68.3 Å². The Balaban J connectivity index is 1.42. The lowest BCUT2D eigenvalue weighted by molar-refractivity contribution is 0.0997.